The normalized spacial score (nSPS) is 14.9. The molecule has 0 saturated carbocycles. The molecule has 1 aliphatic heterocycles. The van der Waals surface area contributed by atoms with E-state index in [1.165, 1.54) is 11.1 Å². The number of benzene rings is 2. The Labute approximate surface area is 200 Å². The van der Waals surface area contributed by atoms with Gasteiger partial charge in [0.15, 0.2) is 0 Å². The maximum absolute atomic E-state index is 6.16. The Bertz CT molecular complexity index is 1210. The van der Waals surface area contributed by atoms with Gasteiger partial charge in [0.1, 0.15) is 5.75 Å². The zero-order chi connectivity index (χ0) is 23.3. The molecule has 1 fully saturated rings. The van der Waals surface area contributed by atoms with Gasteiger partial charge in [-0.1, -0.05) is 41.1 Å². The van der Waals surface area contributed by atoms with Crippen molar-refractivity contribution in [1.82, 2.24) is 20.0 Å². The smallest absolute Gasteiger partial charge is 0.258 e. The molecule has 0 aliphatic carbocycles. The van der Waals surface area contributed by atoms with Gasteiger partial charge in [-0.3, -0.25) is 9.88 Å². The maximum atomic E-state index is 6.16. The van der Waals surface area contributed by atoms with E-state index in [2.05, 4.69) is 51.2 Å². The fraction of sp³-hybridized carbons (Fsp3) is 0.321. The highest BCUT2D eigenvalue weighted by Gasteiger charge is 2.20. The predicted molar refractivity (Wildman–Crippen MR) is 132 cm³/mol. The van der Waals surface area contributed by atoms with Gasteiger partial charge < -0.3 is 9.26 Å². The van der Waals surface area contributed by atoms with Crippen molar-refractivity contribution in [3.05, 3.63) is 83.7 Å². The lowest BCUT2D eigenvalue weighted by Crippen LogP contribution is -2.35. The summed E-state index contributed by atoms with van der Waals surface area (Å²) in [5.74, 6) is 2.41. The van der Waals surface area contributed by atoms with E-state index in [4.69, 9.17) is 9.26 Å². The van der Waals surface area contributed by atoms with Crippen LogP contribution in [-0.2, 0) is 6.54 Å². The molecule has 0 unspecified atom stereocenters. The topological polar surface area (TPSA) is 64.3 Å². The zero-order valence-electron chi connectivity index (χ0n) is 19.8. The molecule has 6 nitrogen and oxygen atoms in total. The van der Waals surface area contributed by atoms with E-state index in [1.54, 1.807) is 6.20 Å². The average Bonchev–Trinajstić information content (AvgIpc) is 3.36. The quantitative estimate of drug-likeness (QED) is 0.357. The molecule has 2 aromatic heterocycles. The summed E-state index contributed by atoms with van der Waals surface area (Å²) in [7, 11) is 0. The van der Waals surface area contributed by atoms with Gasteiger partial charge in [-0.2, -0.15) is 4.98 Å². The third kappa shape index (κ3) is 5.51. The maximum Gasteiger partial charge on any atom is 0.258 e. The van der Waals surface area contributed by atoms with Crippen LogP contribution in [0.5, 0.6) is 5.75 Å². The molecular weight excluding hydrogens is 424 g/mol. The van der Waals surface area contributed by atoms with Crippen LogP contribution in [0.3, 0.4) is 0 Å². The first-order valence-electron chi connectivity index (χ1n) is 11.9. The first-order chi connectivity index (χ1) is 16.6. The summed E-state index contributed by atoms with van der Waals surface area (Å²) >= 11 is 0. The summed E-state index contributed by atoms with van der Waals surface area (Å²) < 4.78 is 11.7. The summed E-state index contributed by atoms with van der Waals surface area (Å²) in [5, 5.41) is 4.11. The molecule has 0 radical (unpaired) electrons. The van der Waals surface area contributed by atoms with Crippen molar-refractivity contribution in [3.63, 3.8) is 0 Å². The fourth-order valence-corrected chi connectivity index (χ4v) is 4.25. The van der Waals surface area contributed by atoms with Gasteiger partial charge in [0, 0.05) is 29.6 Å². The van der Waals surface area contributed by atoms with Crippen molar-refractivity contribution < 1.29 is 9.26 Å². The van der Waals surface area contributed by atoms with Crippen molar-refractivity contribution in [2.75, 3.05) is 19.7 Å². The second-order valence-corrected chi connectivity index (χ2v) is 9.16. The van der Waals surface area contributed by atoms with Crippen molar-refractivity contribution in [2.24, 2.45) is 5.92 Å². The Hall–Kier alpha value is -3.51. The molecule has 0 bridgehead atoms. The highest BCUT2D eigenvalue weighted by atomic mass is 16.5. The van der Waals surface area contributed by atoms with Crippen LogP contribution in [-0.4, -0.2) is 39.7 Å². The van der Waals surface area contributed by atoms with Crippen molar-refractivity contribution >= 4 is 0 Å². The van der Waals surface area contributed by atoms with Crippen LogP contribution in [0.1, 0.15) is 29.7 Å². The minimum absolute atomic E-state index is 0.477. The number of nitrogens with zero attached hydrogens (tertiary/aromatic N) is 4. The minimum Gasteiger partial charge on any atom is -0.493 e. The Morgan fingerprint density at radius 1 is 0.971 bits per heavy atom. The third-order valence-corrected chi connectivity index (χ3v) is 6.40. The molecule has 2 aromatic carbocycles. The molecular formula is C28H30N4O2. The Kier molecular flexibility index (Phi) is 6.67. The summed E-state index contributed by atoms with van der Waals surface area (Å²) in [6.07, 6.45) is 4.07. The van der Waals surface area contributed by atoms with Gasteiger partial charge in [0.05, 0.1) is 6.61 Å². The van der Waals surface area contributed by atoms with Gasteiger partial charge in [0.25, 0.3) is 5.89 Å². The second-order valence-electron chi connectivity index (χ2n) is 9.16. The van der Waals surface area contributed by atoms with E-state index in [9.17, 15) is 0 Å². The first-order valence-corrected chi connectivity index (χ1v) is 11.9. The summed E-state index contributed by atoms with van der Waals surface area (Å²) in [6.45, 7) is 8.06. The van der Waals surface area contributed by atoms with Crippen LogP contribution in [0.4, 0.5) is 0 Å². The highest BCUT2D eigenvalue weighted by molar-refractivity contribution is 5.60. The van der Waals surface area contributed by atoms with Gasteiger partial charge in [-0.05, 0) is 81.6 Å². The SMILES string of the molecule is Cc1ccc(CN2CCC(COc3cccc(-c4nc(-c5ccc(C)nc5)no4)c3)CC2)cc1. The minimum atomic E-state index is 0.477. The number of aromatic nitrogens is 3. The monoisotopic (exact) mass is 454 g/mol. The average molecular weight is 455 g/mol. The fourth-order valence-electron chi connectivity index (χ4n) is 4.25. The van der Waals surface area contributed by atoms with E-state index >= 15 is 0 Å². The number of pyridine rings is 1. The number of likely N-dealkylation sites (tertiary alicyclic amines) is 1. The van der Waals surface area contributed by atoms with Crippen molar-refractivity contribution in [2.45, 2.75) is 33.2 Å². The van der Waals surface area contributed by atoms with E-state index in [0.717, 1.165) is 61.7 Å². The first kappa shape index (κ1) is 22.3. The molecule has 5 rings (SSSR count). The van der Waals surface area contributed by atoms with E-state index in [1.807, 2.05) is 43.3 Å². The molecule has 4 aromatic rings. The molecule has 6 heteroatoms. The van der Waals surface area contributed by atoms with E-state index < -0.39 is 0 Å². The Balaban J connectivity index is 1.14. The van der Waals surface area contributed by atoms with Crippen molar-refractivity contribution in [3.8, 4) is 28.6 Å². The van der Waals surface area contributed by atoms with Crippen LogP contribution in [0.15, 0.2) is 71.4 Å². The molecule has 0 N–H and O–H groups in total. The number of rotatable bonds is 7. The lowest BCUT2D eigenvalue weighted by atomic mass is 9.97. The van der Waals surface area contributed by atoms with Crippen LogP contribution in [0, 0.1) is 19.8 Å². The Morgan fingerprint density at radius 2 is 1.79 bits per heavy atom. The van der Waals surface area contributed by atoms with Crippen LogP contribution < -0.4 is 4.74 Å². The molecule has 0 atom stereocenters. The standard InChI is InChI=1S/C28H30N4O2/c1-20-6-9-22(10-7-20)18-32-14-12-23(13-15-32)19-33-26-5-3-4-24(16-26)28-30-27(31-34-28)25-11-8-21(2)29-17-25/h3-11,16-17,23H,12-15,18-19H2,1-2H3. The van der Waals surface area contributed by atoms with Crippen LogP contribution in [0.2, 0.25) is 0 Å². The summed E-state index contributed by atoms with van der Waals surface area (Å²) in [4.78, 5) is 11.4. The summed E-state index contributed by atoms with van der Waals surface area (Å²) in [6, 6.07) is 20.6. The molecule has 1 aliphatic rings. The van der Waals surface area contributed by atoms with Gasteiger partial charge >= 0.3 is 0 Å². The lowest BCUT2D eigenvalue weighted by Gasteiger charge is -2.31. The molecule has 174 valence electrons. The number of aryl methyl sites for hydroxylation is 2. The predicted octanol–water partition coefficient (Wildman–Crippen LogP) is 5.71. The Morgan fingerprint density at radius 3 is 2.56 bits per heavy atom. The summed E-state index contributed by atoms with van der Waals surface area (Å²) in [5.41, 5.74) is 5.34. The van der Waals surface area contributed by atoms with Crippen LogP contribution >= 0.6 is 0 Å². The molecule has 1 saturated heterocycles. The van der Waals surface area contributed by atoms with Gasteiger partial charge in [-0.15, -0.1) is 0 Å². The molecule has 3 heterocycles. The largest absolute Gasteiger partial charge is 0.493 e. The third-order valence-electron chi connectivity index (χ3n) is 6.40. The van der Waals surface area contributed by atoms with Crippen LogP contribution in [0.25, 0.3) is 22.8 Å². The second kappa shape index (κ2) is 10.2. The number of piperidine rings is 1. The van der Waals surface area contributed by atoms with E-state index in [-0.39, 0.29) is 0 Å². The lowest BCUT2D eigenvalue weighted by molar-refractivity contribution is 0.137. The van der Waals surface area contributed by atoms with E-state index in [0.29, 0.717) is 17.6 Å². The molecule has 34 heavy (non-hydrogen) atoms. The zero-order valence-corrected chi connectivity index (χ0v) is 19.8. The molecule has 0 amide bonds. The van der Waals surface area contributed by atoms with Crippen molar-refractivity contribution in [1.29, 1.82) is 0 Å². The number of hydrogen-bond acceptors (Lipinski definition) is 6. The molecule has 0 spiro atoms. The van der Waals surface area contributed by atoms with Gasteiger partial charge in [0.2, 0.25) is 5.82 Å². The van der Waals surface area contributed by atoms with Gasteiger partial charge in [-0.25, -0.2) is 0 Å². The number of hydrogen-bond donors (Lipinski definition) is 0. The highest BCUT2D eigenvalue weighted by Crippen LogP contribution is 2.26. The number of ether oxygens (including phenoxy) is 1.